The Kier molecular flexibility index (Phi) is 8.01. The molecule has 0 saturated carbocycles. The van der Waals surface area contributed by atoms with Crippen molar-refractivity contribution >= 4 is 23.0 Å². The number of rotatable bonds is 8. The number of nitrogens with zero attached hydrogens (tertiary/aromatic N) is 2. The van der Waals surface area contributed by atoms with Crippen LogP contribution in [0.15, 0.2) is 90.6 Å². The van der Waals surface area contributed by atoms with E-state index in [2.05, 4.69) is 33.3 Å². The molecule has 3 aromatic rings. The van der Waals surface area contributed by atoms with Crippen molar-refractivity contribution in [2.75, 3.05) is 24.6 Å². The zero-order valence-electron chi connectivity index (χ0n) is 21.8. The van der Waals surface area contributed by atoms with Gasteiger partial charge in [-0.1, -0.05) is 79.2 Å². The highest BCUT2D eigenvalue weighted by Gasteiger charge is 2.34. The van der Waals surface area contributed by atoms with Gasteiger partial charge in [0.25, 0.3) is 5.91 Å². The van der Waals surface area contributed by atoms with Crippen molar-refractivity contribution in [2.45, 2.75) is 44.8 Å². The first kappa shape index (κ1) is 25.9. The quantitative estimate of drug-likeness (QED) is 0.460. The number of para-hydroxylation sites is 1. The van der Waals surface area contributed by atoms with Crippen molar-refractivity contribution in [2.24, 2.45) is 0 Å². The average molecular weight is 510 g/mol. The SMILES string of the molecule is CC(=O)C(NC(=O)C1=C(CN2CCCC[C@H]2CO)N(c2ccccc2)Cc2ccccc21)c1ccccc1. The number of ketones is 1. The minimum Gasteiger partial charge on any atom is -0.395 e. The molecule has 0 radical (unpaired) electrons. The average Bonchev–Trinajstić information content (AvgIpc) is 2.96. The van der Waals surface area contributed by atoms with E-state index in [0.29, 0.717) is 18.7 Å². The minimum atomic E-state index is -0.739. The number of fused-ring (bicyclic) bond motifs is 1. The summed E-state index contributed by atoms with van der Waals surface area (Å²) in [7, 11) is 0. The zero-order chi connectivity index (χ0) is 26.5. The standard InChI is InChI=1S/C32H35N3O3/c1-23(37)31(24-12-4-2-5-13-24)33-32(38)30-28-18-9-8-14-25(28)20-35(26-15-6-3-7-16-26)29(30)21-34-19-11-10-17-27(34)22-36/h2-9,12-16,18,27,31,36H,10-11,17,19-22H2,1H3,(H,33,38)/t27-,31?/m0/s1. The van der Waals surface area contributed by atoms with E-state index in [-0.39, 0.29) is 24.3 Å². The van der Waals surface area contributed by atoms with Crippen molar-refractivity contribution in [3.05, 3.63) is 107 Å². The van der Waals surface area contributed by atoms with Crippen molar-refractivity contribution in [1.82, 2.24) is 10.2 Å². The summed E-state index contributed by atoms with van der Waals surface area (Å²) in [4.78, 5) is 31.4. The van der Waals surface area contributed by atoms with Crippen molar-refractivity contribution in [3.63, 3.8) is 0 Å². The summed E-state index contributed by atoms with van der Waals surface area (Å²) in [5.74, 6) is -0.387. The number of aliphatic hydroxyl groups is 1. The molecule has 0 bridgehead atoms. The van der Waals surface area contributed by atoms with E-state index < -0.39 is 6.04 Å². The maximum absolute atomic E-state index is 14.2. The van der Waals surface area contributed by atoms with Gasteiger partial charge in [-0.3, -0.25) is 14.5 Å². The molecular formula is C32H35N3O3. The molecule has 3 aromatic carbocycles. The molecule has 6 heteroatoms. The van der Waals surface area contributed by atoms with Crippen LogP contribution in [0.1, 0.15) is 48.9 Å². The van der Waals surface area contributed by atoms with E-state index in [4.69, 9.17) is 0 Å². The normalized spacial score (nSPS) is 18.6. The number of nitrogens with one attached hydrogen (secondary N) is 1. The fourth-order valence-electron chi connectivity index (χ4n) is 5.67. The van der Waals surface area contributed by atoms with Crippen LogP contribution in [-0.4, -0.2) is 47.4 Å². The van der Waals surface area contributed by atoms with Gasteiger partial charge in [0.15, 0.2) is 5.78 Å². The van der Waals surface area contributed by atoms with E-state index in [1.807, 2.05) is 66.7 Å². The summed E-state index contributed by atoms with van der Waals surface area (Å²) in [5.41, 5.74) is 5.19. The molecule has 0 spiro atoms. The minimum absolute atomic E-state index is 0.0599. The molecule has 1 unspecified atom stereocenters. The monoisotopic (exact) mass is 509 g/mol. The molecule has 5 rings (SSSR count). The molecular weight excluding hydrogens is 474 g/mol. The van der Waals surface area contributed by atoms with Crippen molar-refractivity contribution in [3.8, 4) is 0 Å². The van der Waals surface area contributed by atoms with Gasteiger partial charge in [0.05, 0.1) is 12.2 Å². The maximum atomic E-state index is 14.2. The maximum Gasteiger partial charge on any atom is 0.254 e. The van der Waals surface area contributed by atoms with E-state index in [1.54, 1.807) is 0 Å². The number of carbonyl (C=O) groups is 2. The lowest BCUT2D eigenvalue weighted by Crippen LogP contribution is -2.46. The number of carbonyl (C=O) groups excluding carboxylic acids is 2. The number of amides is 1. The lowest BCUT2D eigenvalue weighted by atomic mass is 9.90. The summed E-state index contributed by atoms with van der Waals surface area (Å²) in [5, 5.41) is 13.2. The van der Waals surface area contributed by atoms with Crippen LogP contribution < -0.4 is 10.2 Å². The van der Waals surface area contributed by atoms with Crippen molar-refractivity contribution < 1.29 is 14.7 Å². The lowest BCUT2D eigenvalue weighted by Gasteiger charge is -2.41. The molecule has 2 aliphatic rings. The topological polar surface area (TPSA) is 72.9 Å². The molecule has 1 amide bonds. The van der Waals surface area contributed by atoms with Gasteiger partial charge < -0.3 is 15.3 Å². The summed E-state index contributed by atoms with van der Waals surface area (Å²) < 4.78 is 0. The molecule has 2 atom stereocenters. The molecule has 2 aliphatic heterocycles. The molecule has 0 aliphatic carbocycles. The highest BCUT2D eigenvalue weighted by Crippen LogP contribution is 2.37. The third kappa shape index (κ3) is 5.42. The van der Waals surface area contributed by atoms with Gasteiger partial charge in [0.2, 0.25) is 0 Å². The first-order chi connectivity index (χ1) is 18.6. The number of benzene rings is 3. The Morgan fingerprint density at radius 2 is 1.63 bits per heavy atom. The Balaban J connectivity index is 1.63. The first-order valence-electron chi connectivity index (χ1n) is 13.4. The lowest BCUT2D eigenvalue weighted by molar-refractivity contribution is -0.124. The number of aliphatic hydroxyl groups excluding tert-OH is 1. The van der Waals surface area contributed by atoms with Crippen LogP contribution in [0.4, 0.5) is 5.69 Å². The summed E-state index contributed by atoms with van der Waals surface area (Å²) in [6.45, 7) is 3.65. The molecule has 0 aromatic heterocycles. The summed E-state index contributed by atoms with van der Waals surface area (Å²) in [6.07, 6.45) is 3.10. The number of anilines is 1. The number of hydrogen-bond acceptors (Lipinski definition) is 5. The third-order valence-corrected chi connectivity index (χ3v) is 7.65. The zero-order valence-corrected chi connectivity index (χ0v) is 21.8. The van der Waals surface area contributed by atoms with Gasteiger partial charge in [-0.25, -0.2) is 0 Å². The Labute approximate surface area is 224 Å². The van der Waals surface area contributed by atoms with Gasteiger partial charge in [-0.15, -0.1) is 0 Å². The second kappa shape index (κ2) is 11.8. The van der Waals surface area contributed by atoms with Crippen LogP contribution >= 0.6 is 0 Å². The number of piperidine rings is 1. The van der Waals surface area contributed by atoms with E-state index in [9.17, 15) is 14.7 Å². The third-order valence-electron chi connectivity index (χ3n) is 7.65. The fourth-order valence-corrected chi connectivity index (χ4v) is 5.67. The fraction of sp³-hybridized carbons (Fsp3) is 0.312. The molecule has 1 saturated heterocycles. The number of Topliss-reactive ketones (excluding diaryl/α,β-unsaturated/α-hetero) is 1. The Bertz CT molecular complexity index is 1310. The van der Waals surface area contributed by atoms with Crippen LogP contribution in [0.25, 0.3) is 5.57 Å². The molecule has 38 heavy (non-hydrogen) atoms. The van der Waals surface area contributed by atoms with Gasteiger partial charge in [0, 0.05) is 30.5 Å². The number of likely N-dealkylation sites (tertiary alicyclic amines) is 1. The smallest absolute Gasteiger partial charge is 0.254 e. The van der Waals surface area contributed by atoms with Crippen LogP contribution in [0.3, 0.4) is 0 Å². The predicted molar refractivity (Wildman–Crippen MR) is 150 cm³/mol. The summed E-state index contributed by atoms with van der Waals surface area (Å²) in [6, 6.07) is 26.8. The predicted octanol–water partition coefficient (Wildman–Crippen LogP) is 4.71. The highest BCUT2D eigenvalue weighted by atomic mass is 16.3. The number of hydrogen-bond donors (Lipinski definition) is 2. The van der Waals surface area contributed by atoms with Crippen LogP contribution in [0.2, 0.25) is 0 Å². The van der Waals surface area contributed by atoms with Gasteiger partial charge >= 0.3 is 0 Å². The van der Waals surface area contributed by atoms with Gasteiger partial charge in [-0.2, -0.15) is 0 Å². The molecule has 2 heterocycles. The largest absolute Gasteiger partial charge is 0.395 e. The van der Waals surface area contributed by atoms with Crippen LogP contribution in [0.5, 0.6) is 0 Å². The molecule has 6 nitrogen and oxygen atoms in total. The second-order valence-electron chi connectivity index (χ2n) is 10.1. The molecule has 2 N–H and O–H groups in total. The van der Waals surface area contributed by atoms with Gasteiger partial charge in [0.1, 0.15) is 6.04 Å². The summed E-state index contributed by atoms with van der Waals surface area (Å²) >= 11 is 0. The molecule has 196 valence electrons. The Morgan fingerprint density at radius 3 is 2.34 bits per heavy atom. The highest BCUT2D eigenvalue weighted by molar-refractivity contribution is 6.22. The van der Waals surface area contributed by atoms with Crippen molar-refractivity contribution in [1.29, 1.82) is 0 Å². The first-order valence-corrected chi connectivity index (χ1v) is 13.4. The van der Waals surface area contributed by atoms with E-state index >= 15 is 0 Å². The Morgan fingerprint density at radius 1 is 0.947 bits per heavy atom. The van der Waals surface area contributed by atoms with Crippen LogP contribution in [-0.2, 0) is 16.1 Å². The molecule has 1 fully saturated rings. The van der Waals surface area contributed by atoms with E-state index in [0.717, 1.165) is 53.9 Å². The van der Waals surface area contributed by atoms with E-state index in [1.165, 1.54) is 6.92 Å². The van der Waals surface area contributed by atoms with Crippen LogP contribution in [0, 0.1) is 0 Å². The Hall–Kier alpha value is -3.74. The second-order valence-corrected chi connectivity index (χ2v) is 10.1. The van der Waals surface area contributed by atoms with Gasteiger partial charge in [-0.05, 0) is 55.1 Å².